The molecule has 0 aromatic heterocycles. The van der Waals surface area contributed by atoms with E-state index in [1.807, 2.05) is 0 Å². The first kappa shape index (κ1) is 15.7. The van der Waals surface area contributed by atoms with Crippen LogP contribution in [0, 0.1) is 0 Å². The third kappa shape index (κ3) is 17.1. The van der Waals surface area contributed by atoms with Gasteiger partial charge in [-0.3, -0.25) is 0 Å². The number of carbonyl (C=O) groups excluding carboxylic acids is 1. The van der Waals surface area contributed by atoms with Crippen LogP contribution < -0.4 is 9.41 Å². The van der Waals surface area contributed by atoms with E-state index in [1.165, 1.54) is 6.08 Å². The first-order valence-corrected chi connectivity index (χ1v) is 2.06. The number of hydrogen-bond donors (Lipinski definition) is 0. The minimum absolute atomic E-state index is 0. The molecule has 8 heavy (non-hydrogen) atoms. The molecule has 50 valence electrons. The first-order valence-electron chi connectivity index (χ1n) is 1.54. The van der Waals surface area contributed by atoms with Crippen LogP contribution in [0.2, 0.25) is 0 Å². The molecular weight excluding hydrogens is 161 g/mol. The fourth-order valence-corrected chi connectivity index (χ4v) is 0.257. The molecule has 0 saturated heterocycles. The standard InChI is InChI=1S/C4H5O.Co.2FH/c1-2-3-4-5;;;/h2H,1,3H2;;2*1H/q;+2;;/p-2. The van der Waals surface area contributed by atoms with E-state index >= 15 is 0 Å². The van der Waals surface area contributed by atoms with Gasteiger partial charge in [0.1, 0.15) is 0 Å². The summed E-state index contributed by atoms with van der Waals surface area (Å²) >= 11 is 3.51. The Kier molecular flexibility index (Phi) is 19.4. The third-order valence-electron chi connectivity index (χ3n) is 0.296. The third-order valence-corrected chi connectivity index (χ3v) is 0.508. The van der Waals surface area contributed by atoms with E-state index in [0.717, 1.165) is 0 Å². The van der Waals surface area contributed by atoms with E-state index in [2.05, 4.69) is 22.3 Å². The smallest absolute Gasteiger partial charge is 1.00 e. The van der Waals surface area contributed by atoms with Crippen LogP contribution in [0.5, 0.6) is 0 Å². The Morgan fingerprint density at radius 3 is 2.00 bits per heavy atom. The maximum absolute atomic E-state index is 9.83. The SMILES string of the molecule is C=CC[C](=O)[Co+2].[F-].[F-]. The van der Waals surface area contributed by atoms with Crippen molar-refractivity contribution in [1.29, 1.82) is 0 Å². The van der Waals surface area contributed by atoms with E-state index in [4.69, 9.17) is 0 Å². The molecule has 0 heterocycles. The predicted octanol–water partition coefficient (Wildman–Crippen LogP) is -5.36. The summed E-state index contributed by atoms with van der Waals surface area (Å²) in [5.41, 5.74) is 0. The summed E-state index contributed by atoms with van der Waals surface area (Å²) < 4.78 is -0.141. The zero-order valence-electron chi connectivity index (χ0n) is 3.99. The number of carbonyl (C=O) groups is 1. The van der Waals surface area contributed by atoms with Gasteiger partial charge in [-0.1, -0.05) is 0 Å². The van der Waals surface area contributed by atoms with E-state index < -0.39 is 0 Å². The Morgan fingerprint density at radius 2 is 2.00 bits per heavy atom. The van der Waals surface area contributed by atoms with Crippen molar-refractivity contribution in [1.82, 2.24) is 0 Å². The number of hydrogen-bond acceptors (Lipinski definition) is 1. The van der Waals surface area contributed by atoms with Crippen LogP contribution in [0.1, 0.15) is 6.42 Å². The fraction of sp³-hybridized carbons (Fsp3) is 0.250. The van der Waals surface area contributed by atoms with Gasteiger partial charge >= 0.3 is 44.3 Å². The number of halogens is 2. The fourth-order valence-electron chi connectivity index (χ4n) is 0.107. The number of allylic oxidation sites excluding steroid dienone is 1. The van der Waals surface area contributed by atoms with Gasteiger partial charge in [0, 0.05) is 0 Å². The van der Waals surface area contributed by atoms with Crippen molar-refractivity contribution in [3.05, 3.63) is 12.7 Å². The molecule has 0 aliphatic heterocycles. The molecule has 4 heteroatoms. The van der Waals surface area contributed by atoms with Gasteiger partial charge in [-0.05, 0) is 0 Å². The Hall–Kier alpha value is -0.224. The van der Waals surface area contributed by atoms with Crippen LogP contribution in [0.15, 0.2) is 12.7 Å². The molecule has 0 aliphatic carbocycles. The Labute approximate surface area is 54.5 Å². The summed E-state index contributed by atoms with van der Waals surface area (Å²) in [6, 6.07) is 0. The molecule has 0 amide bonds. The largest absolute Gasteiger partial charge is 1.00 e. The topological polar surface area (TPSA) is 17.1 Å². The molecule has 0 N–H and O–H groups in total. The monoisotopic (exact) mass is 166 g/mol. The van der Waals surface area contributed by atoms with Gasteiger partial charge < -0.3 is 9.41 Å². The molecule has 0 bridgehead atoms. The van der Waals surface area contributed by atoms with Crippen LogP contribution in [0.4, 0.5) is 0 Å². The normalized spacial score (nSPS) is 5.62. The average molecular weight is 166 g/mol. The molecule has 0 rings (SSSR count). The summed E-state index contributed by atoms with van der Waals surface area (Å²) in [7, 11) is 0. The molecule has 0 unspecified atom stereocenters. The van der Waals surface area contributed by atoms with Gasteiger partial charge in [0.15, 0.2) is 0 Å². The maximum Gasteiger partial charge on any atom is -1.00 e. The van der Waals surface area contributed by atoms with Crippen LogP contribution in [0.25, 0.3) is 0 Å². The Bertz CT molecular complexity index is 74.4. The molecule has 0 atom stereocenters. The molecule has 0 aromatic carbocycles. The molecule has 0 fully saturated rings. The molecular formula is C4H5CoF2O. The van der Waals surface area contributed by atoms with Gasteiger partial charge in [-0.15, -0.1) is 0 Å². The van der Waals surface area contributed by atoms with Crippen molar-refractivity contribution < 1.29 is 29.9 Å². The molecule has 0 radical (unpaired) electrons. The van der Waals surface area contributed by atoms with Crippen LogP contribution in [-0.2, 0) is 20.5 Å². The second kappa shape index (κ2) is 9.91. The van der Waals surface area contributed by atoms with Crippen molar-refractivity contribution in [2.75, 3.05) is 0 Å². The van der Waals surface area contributed by atoms with Gasteiger partial charge in [0.25, 0.3) is 0 Å². The Morgan fingerprint density at radius 1 is 1.62 bits per heavy atom. The summed E-state index contributed by atoms with van der Waals surface area (Å²) in [5.74, 6) is 0. The number of rotatable bonds is 2. The van der Waals surface area contributed by atoms with Crippen molar-refractivity contribution >= 4 is 4.72 Å². The Balaban J connectivity index is -0.000000125. The summed E-state index contributed by atoms with van der Waals surface area (Å²) in [6.45, 7) is 3.33. The maximum atomic E-state index is 9.83. The summed E-state index contributed by atoms with van der Waals surface area (Å²) in [4.78, 5) is 9.83. The molecule has 1 nitrogen and oxygen atoms in total. The van der Waals surface area contributed by atoms with Crippen molar-refractivity contribution in [3.8, 4) is 0 Å². The van der Waals surface area contributed by atoms with Crippen LogP contribution >= 0.6 is 0 Å². The van der Waals surface area contributed by atoms with Crippen molar-refractivity contribution in [2.24, 2.45) is 0 Å². The van der Waals surface area contributed by atoms with Crippen molar-refractivity contribution in [3.63, 3.8) is 0 Å². The first-order chi connectivity index (χ1) is 2.77. The van der Waals surface area contributed by atoms with Gasteiger partial charge in [-0.2, -0.15) is 0 Å². The minimum atomic E-state index is -0.141. The van der Waals surface area contributed by atoms with E-state index in [1.54, 1.807) is 0 Å². The zero-order chi connectivity index (χ0) is 4.99. The molecule has 0 aliphatic rings. The van der Waals surface area contributed by atoms with E-state index in [0.29, 0.717) is 6.42 Å². The molecule has 0 aromatic rings. The van der Waals surface area contributed by atoms with Gasteiger partial charge in [0.05, 0.1) is 0 Å². The second-order valence-electron chi connectivity index (χ2n) is 0.823. The quantitative estimate of drug-likeness (QED) is 0.374. The predicted molar refractivity (Wildman–Crippen MR) is 19.8 cm³/mol. The zero-order valence-corrected chi connectivity index (χ0v) is 5.03. The van der Waals surface area contributed by atoms with Crippen molar-refractivity contribution in [2.45, 2.75) is 6.42 Å². The van der Waals surface area contributed by atoms with Gasteiger partial charge in [-0.25, -0.2) is 0 Å². The molecule has 0 spiro atoms. The summed E-state index contributed by atoms with van der Waals surface area (Å²) in [5, 5.41) is 0. The summed E-state index contributed by atoms with van der Waals surface area (Å²) in [6.07, 6.45) is 1.88. The minimum Gasteiger partial charge on any atom is -1.00 e. The van der Waals surface area contributed by atoms with E-state index in [-0.39, 0.29) is 14.1 Å². The van der Waals surface area contributed by atoms with Crippen LogP contribution in [0.3, 0.4) is 0 Å². The second-order valence-corrected chi connectivity index (χ2v) is 1.40. The van der Waals surface area contributed by atoms with Crippen LogP contribution in [-0.4, -0.2) is 4.72 Å². The molecule has 0 saturated carbocycles. The average Bonchev–Trinajstić information content (AvgIpc) is 1.35. The van der Waals surface area contributed by atoms with Gasteiger partial charge in [0.2, 0.25) is 0 Å². The van der Waals surface area contributed by atoms with E-state index in [9.17, 15) is 4.79 Å².